The van der Waals surface area contributed by atoms with Crippen LogP contribution in [0.5, 0.6) is 23.0 Å². The predicted molar refractivity (Wildman–Crippen MR) is 221 cm³/mol. The minimum atomic E-state index is -1.04. The second-order valence-corrected chi connectivity index (χ2v) is 14.2. The Morgan fingerprint density at radius 3 is 1.76 bits per heavy atom. The minimum Gasteiger partial charge on any atom is -0.449 e. The second kappa shape index (κ2) is 12.8. The fourth-order valence-electron chi connectivity index (χ4n) is 8.66. The van der Waals surface area contributed by atoms with E-state index in [4.69, 9.17) is 15.2 Å². The molecular weight excluding hydrogens is 673 g/mol. The van der Waals surface area contributed by atoms with Gasteiger partial charge in [-0.3, -0.25) is 5.73 Å². The van der Waals surface area contributed by atoms with Crippen molar-refractivity contribution in [1.29, 1.82) is 0 Å². The quantitative estimate of drug-likeness (QED) is 0.102. The zero-order valence-corrected chi connectivity index (χ0v) is 30.1. The smallest absolute Gasteiger partial charge is 0.271 e. The highest BCUT2D eigenvalue weighted by molar-refractivity contribution is 5.92. The van der Waals surface area contributed by atoms with Crippen molar-refractivity contribution in [3.05, 3.63) is 234 Å². The van der Waals surface area contributed by atoms with E-state index in [2.05, 4.69) is 134 Å². The molecule has 4 heteroatoms. The molecule has 1 aliphatic carbocycles. The molecule has 10 rings (SSSR count). The molecule has 8 aromatic carbocycles. The zero-order valence-electron chi connectivity index (χ0n) is 30.1. The molecule has 0 saturated carbocycles. The summed E-state index contributed by atoms with van der Waals surface area (Å²) < 4.78 is 15.5. The molecular formula is C51H37N2O2+. The number of hydrogen-bond acceptors (Lipinski definition) is 3. The summed E-state index contributed by atoms with van der Waals surface area (Å²) in [4.78, 5) is 0. The molecule has 0 amide bonds. The molecule has 0 radical (unpaired) electrons. The maximum absolute atomic E-state index is 7.42. The van der Waals surface area contributed by atoms with Crippen molar-refractivity contribution in [3.63, 3.8) is 0 Å². The number of benzene rings is 8. The SMILES string of the molecule is C=[N+](c1ccccc1)C(N)(c1ccccc1)c1cccc(-c2ccc3c(c2)Oc2ccc4c(c2O3)-c2ccccc2C4(c2ccccc2)c2ccccc2)c1. The second-order valence-electron chi connectivity index (χ2n) is 14.2. The van der Waals surface area contributed by atoms with Crippen LogP contribution in [0.2, 0.25) is 0 Å². The fraction of sp³-hybridized carbons (Fsp3) is 0.0392. The van der Waals surface area contributed by atoms with Crippen LogP contribution in [0.1, 0.15) is 33.4 Å². The molecule has 1 heterocycles. The van der Waals surface area contributed by atoms with Crippen molar-refractivity contribution in [2.75, 3.05) is 0 Å². The number of nitrogens with two attached hydrogens (primary N) is 1. The number of fused-ring (bicyclic) bond motifs is 6. The van der Waals surface area contributed by atoms with Crippen LogP contribution in [-0.4, -0.2) is 11.3 Å². The van der Waals surface area contributed by atoms with Gasteiger partial charge in [0.2, 0.25) is 5.69 Å². The molecule has 55 heavy (non-hydrogen) atoms. The van der Waals surface area contributed by atoms with Gasteiger partial charge in [0, 0.05) is 28.8 Å². The van der Waals surface area contributed by atoms with Crippen LogP contribution in [0, 0.1) is 0 Å². The Labute approximate surface area is 321 Å². The highest BCUT2D eigenvalue weighted by atomic mass is 16.6. The summed E-state index contributed by atoms with van der Waals surface area (Å²) in [6, 6.07) is 69.2. The summed E-state index contributed by atoms with van der Waals surface area (Å²) in [6.07, 6.45) is 0. The lowest BCUT2D eigenvalue weighted by molar-refractivity contribution is -0.522. The van der Waals surface area contributed by atoms with Gasteiger partial charge in [0.05, 0.1) is 5.41 Å². The first kappa shape index (κ1) is 32.6. The Bertz CT molecular complexity index is 2690. The van der Waals surface area contributed by atoms with Crippen LogP contribution in [0.25, 0.3) is 22.3 Å². The third kappa shape index (κ3) is 5.00. The Morgan fingerprint density at radius 2 is 1.05 bits per heavy atom. The fourth-order valence-corrected chi connectivity index (χ4v) is 8.66. The molecule has 0 fully saturated rings. The van der Waals surface area contributed by atoms with E-state index >= 15 is 0 Å². The van der Waals surface area contributed by atoms with Gasteiger partial charge in [-0.15, -0.1) is 0 Å². The molecule has 4 nitrogen and oxygen atoms in total. The number of para-hydroxylation sites is 1. The van der Waals surface area contributed by atoms with Crippen LogP contribution in [-0.2, 0) is 11.1 Å². The monoisotopic (exact) mass is 709 g/mol. The van der Waals surface area contributed by atoms with E-state index in [1.165, 1.54) is 22.3 Å². The van der Waals surface area contributed by atoms with Crippen molar-refractivity contribution >= 4 is 12.4 Å². The van der Waals surface area contributed by atoms with E-state index in [-0.39, 0.29) is 0 Å². The average molecular weight is 710 g/mol. The van der Waals surface area contributed by atoms with Crippen molar-refractivity contribution in [1.82, 2.24) is 0 Å². The Kier molecular flexibility index (Phi) is 7.61. The molecule has 1 aliphatic heterocycles. The number of nitrogens with zero attached hydrogens (tertiary/aromatic N) is 1. The van der Waals surface area contributed by atoms with Gasteiger partial charge in [-0.05, 0) is 63.2 Å². The van der Waals surface area contributed by atoms with Crippen LogP contribution in [0.4, 0.5) is 5.69 Å². The molecule has 8 aromatic rings. The van der Waals surface area contributed by atoms with Gasteiger partial charge >= 0.3 is 0 Å². The lowest BCUT2D eigenvalue weighted by atomic mass is 9.68. The largest absolute Gasteiger partial charge is 0.449 e. The third-order valence-corrected chi connectivity index (χ3v) is 11.3. The van der Waals surface area contributed by atoms with E-state index in [1.54, 1.807) is 0 Å². The first-order valence-electron chi connectivity index (χ1n) is 18.6. The summed E-state index contributed by atoms with van der Waals surface area (Å²) >= 11 is 0. The van der Waals surface area contributed by atoms with Crippen molar-refractivity contribution in [2.24, 2.45) is 5.73 Å². The molecule has 0 aromatic heterocycles. The molecule has 1 atom stereocenters. The van der Waals surface area contributed by atoms with E-state index < -0.39 is 11.1 Å². The zero-order chi connectivity index (χ0) is 37.0. The topological polar surface area (TPSA) is 47.5 Å². The van der Waals surface area contributed by atoms with Gasteiger partial charge in [0.25, 0.3) is 5.66 Å². The van der Waals surface area contributed by atoms with E-state index in [9.17, 15) is 0 Å². The molecule has 262 valence electrons. The molecule has 0 bridgehead atoms. The van der Waals surface area contributed by atoms with Gasteiger partial charge < -0.3 is 9.47 Å². The van der Waals surface area contributed by atoms with Gasteiger partial charge in [-0.1, -0.05) is 164 Å². The highest BCUT2D eigenvalue weighted by Gasteiger charge is 2.48. The Morgan fingerprint density at radius 1 is 0.473 bits per heavy atom. The van der Waals surface area contributed by atoms with Crippen molar-refractivity contribution in [2.45, 2.75) is 11.1 Å². The van der Waals surface area contributed by atoms with Crippen molar-refractivity contribution in [3.8, 4) is 45.3 Å². The van der Waals surface area contributed by atoms with Crippen molar-refractivity contribution < 1.29 is 14.0 Å². The lowest BCUT2D eigenvalue weighted by Crippen LogP contribution is -2.46. The molecule has 2 N–H and O–H groups in total. The summed E-state index contributed by atoms with van der Waals surface area (Å²) in [5, 5.41) is 0. The maximum Gasteiger partial charge on any atom is 0.271 e. The standard InChI is InChI=1S/C51H37N2O2/c1-53(41-25-12-5-13-26-41)51(52,39-22-10-4-11-23-39)40-24-16-17-35(33-40)36-29-31-45-47(34-36)54-46-32-30-44-48(49(46)55-45)42-27-14-15-28-43(42)50(44,37-18-6-2-7-19-37)38-20-8-3-9-21-38/h2-34H,1,52H2/q+1. The molecule has 0 spiro atoms. The number of hydrogen-bond donors (Lipinski definition) is 1. The Balaban J connectivity index is 1.06. The summed E-state index contributed by atoms with van der Waals surface area (Å²) in [7, 11) is 0. The average Bonchev–Trinajstić information content (AvgIpc) is 3.57. The first-order valence-corrected chi connectivity index (χ1v) is 18.6. The Hall–Kier alpha value is -7.01. The lowest BCUT2D eigenvalue weighted by Gasteiger charge is -2.34. The van der Waals surface area contributed by atoms with Gasteiger partial charge in [-0.25, -0.2) is 0 Å². The molecule has 0 saturated heterocycles. The summed E-state index contributed by atoms with van der Waals surface area (Å²) in [6.45, 7) is 4.47. The van der Waals surface area contributed by atoms with Crippen LogP contribution in [0.15, 0.2) is 200 Å². The van der Waals surface area contributed by atoms with Crippen LogP contribution in [0.3, 0.4) is 0 Å². The van der Waals surface area contributed by atoms with Crippen LogP contribution >= 0.6 is 0 Å². The van der Waals surface area contributed by atoms with E-state index in [1.807, 2.05) is 77.4 Å². The highest BCUT2D eigenvalue weighted by Crippen LogP contribution is 2.62. The van der Waals surface area contributed by atoms with Crippen LogP contribution < -0.4 is 15.2 Å². The van der Waals surface area contributed by atoms with Gasteiger partial charge in [-0.2, -0.15) is 4.58 Å². The van der Waals surface area contributed by atoms with E-state index in [0.29, 0.717) is 17.2 Å². The maximum atomic E-state index is 7.42. The first-order chi connectivity index (χ1) is 27.1. The van der Waals surface area contributed by atoms with E-state index in [0.717, 1.165) is 44.8 Å². The molecule has 2 aliphatic rings. The third-order valence-electron chi connectivity index (χ3n) is 11.3. The van der Waals surface area contributed by atoms with Gasteiger partial charge in [0.1, 0.15) is 6.72 Å². The number of rotatable bonds is 7. The van der Waals surface area contributed by atoms with Gasteiger partial charge in [0.15, 0.2) is 23.0 Å². The predicted octanol–water partition coefficient (Wildman–Crippen LogP) is 11.8. The molecule has 1 unspecified atom stereocenters. The number of ether oxygens (including phenoxy) is 2. The normalized spacial score (nSPS) is 14.2. The summed E-state index contributed by atoms with van der Waals surface area (Å²) in [5.74, 6) is 2.74. The minimum absolute atomic E-state index is 0.524. The summed E-state index contributed by atoms with van der Waals surface area (Å²) in [5.41, 5.74) is 17.6.